The van der Waals surface area contributed by atoms with E-state index in [2.05, 4.69) is 0 Å². The number of esters is 1. The second kappa shape index (κ2) is 8.21. The van der Waals surface area contributed by atoms with Gasteiger partial charge in [0.15, 0.2) is 0 Å². The number of benzene rings is 2. The van der Waals surface area contributed by atoms with Gasteiger partial charge in [-0.05, 0) is 37.6 Å². The highest BCUT2D eigenvalue weighted by Crippen LogP contribution is 2.22. The number of ether oxygens (including phenoxy) is 2. The zero-order valence-corrected chi connectivity index (χ0v) is 16.2. The zero-order valence-electron chi connectivity index (χ0n) is 15.4. The smallest absolute Gasteiger partial charge is 0.338 e. The first-order valence-electron chi connectivity index (χ1n) is 8.83. The van der Waals surface area contributed by atoms with Crippen LogP contribution in [0.1, 0.15) is 34.5 Å². The SMILES string of the molecule is Cc1ccc([C@H](C)OC(=O)c2cccc(S(=O)(=O)N3CCOCC3)c2)cc1. The molecule has 3 rings (SSSR count). The maximum atomic E-state index is 12.8. The van der Waals surface area contributed by atoms with E-state index in [1.165, 1.54) is 16.4 Å². The minimum Gasteiger partial charge on any atom is -0.454 e. The van der Waals surface area contributed by atoms with Crippen molar-refractivity contribution in [2.24, 2.45) is 0 Å². The van der Waals surface area contributed by atoms with Crippen molar-refractivity contribution in [1.29, 1.82) is 0 Å². The summed E-state index contributed by atoms with van der Waals surface area (Å²) < 4.78 is 37.6. The Kier molecular flexibility index (Phi) is 5.94. The summed E-state index contributed by atoms with van der Waals surface area (Å²) in [5, 5.41) is 0. The van der Waals surface area contributed by atoms with Gasteiger partial charge in [0.05, 0.1) is 23.7 Å². The van der Waals surface area contributed by atoms with E-state index >= 15 is 0 Å². The third-order valence-corrected chi connectivity index (χ3v) is 6.40. The van der Waals surface area contributed by atoms with Crippen molar-refractivity contribution in [2.75, 3.05) is 26.3 Å². The average Bonchev–Trinajstić information content (AvgIpc) is 2.69. The molecule has 0 N–H and O–H groups in total. The van der Waals surface area contributed by atoms with Crippen molar-refractivity contribution in [3.05, 3.63) is 65.2 Å². The maximum Gasteiger partial charge on any atom is 0.338 e. The molecule has 0 bridgehead atoms. The quantitative estimate of drug-likeness (QED) is 0.735. The summed E-state index contributed by atoms with van der Waals surface area (Å²) >= 11 is 0. The van der Waals surface area contributed by atoms with Gasteiger partial charge in [-0.2, -0.15) is 4.31 Å². The summed E-state index contributed by atoms with van der Waals surface area (Å²) in [6, 6.07) is 13.7. The molecule has 0 spiro atoms. The average molecular weight is 389 g/mol. The Morgan fingerprint density at radius 1 is 1.11 bits per heavy atom. The van der Waals surface area contributed by atoms with Gasteiger partial charge in [-0.25, -0.2) is 13.2 Å². The van der Waals surface area contributed by atoms with E-state index < -0.39 is 22.1 Å². The molecule has 27 heavy (non-hydrogen) atoms. The van der Waals surface area contributed by atoms with Crippen molar-refractivity contribution in [1.82, 2.24) is 4.31 Å². The van der Waals surface area contributed by atoms with Crippen molar-refractivity contribution < 1.29 is 22.7 Å². The molecule has 0 aliphatic carbocycles. The lowest BCUT2D eigenvalue weighted by atomic mass is 10.1. The van der Waals surface area contributed by atoms with Crippen molar-refractivity contribution in [3.63, 3.8) is 0 Å². The fraction of sp³-hybridized carbons (Fsp3) is 0.350. The minimum absolute atomic E-state index is 0.0850. The van der Waals surface area contributed by atoms with E-state index in [9.17, 15) is 13.2 Å². The summed E-state index contributed by atoms with van der Waals surface area (Å²) in [5.41, 5.74) is 2.22. The minimum atomic E-state index is -3.66. The largest absolute Gasteiger partial charge is 0.454 e. The van der Waals surface area contributed by atoms with Gasteiger partial charge in [0.1, 0.15) is 6.10 Å². The predicted molar refractivity (Wildman–Crippen MR) is 101 cm³/mol. The second-order valence-electron chi connectivity index (χ2n) is 6.50. The highest BCUT2D eigenvalue weighted by Gasteiger charge is 2.27. The van der Waals surface area contributed by atoms with Gasteiger partial charge in [0, 0.05) is 13.1 Å². The summed E-state index contributed by atoms with van der Waals surface area (Å²) in [7, 11) is -3.66. The predicted octanol–water partition coefficient (Wildman–Crippen LogP) is 2.93. The normalized spacial score (nSPS) is 16.7. The number of aryl methyl sites for hydroxylation is 1. The van der Waals surface area contributed by atoms with E-state index in [1.807, 2.05) is 31.2 Å². The molecule has 1 heterocycles. The monoisotopic (exact) mass is 389 g/mol. The van der Waals surface area contributed by atoms with E-state index in [4.69, 9.17) is 9.47 Å². The van der Waals surface area contributed by atoms with Crippen LogP contribution in [0.25, 0.3) is 0 Å². The van der Waals surface area contributed by atoms with Crippen LogP contribution in [-0.2, 0) is 19.5 Å². The number of morpholine rings is 1. The molecule has 0 saturated carbocycles. The molecule has 2 aromatic carbocycles. The molecule has 1 aliphatic heterocycles. The molecule has 7 heteroatoms. The van der Waals surface area contributed by atoms with E-state index in [-0.39, 0.29) is 10.5 Å². The Bertz CT molecular complexity index is 902. The number of hydrogen-bond donors (Lipinski definition) is 0. The lowest BCUT2D eigenvalue weighted by Gasteiger charge is -2.26. The van der Waals surface area contributed by atoms with Gasteiger partial charge in [-0.1, -0.05) is 35.9 Å². The maximum absolute atomic E-state index is 12.8. The van der Waals surface area contributed by atoms with E-state index in [0.717, 1.165) is 11.1 Å². The Hall–Kier alpha value is -2.22. The van der Waals surface area contributed by atoms with Crippen molar-refractivity contribution >= 4 is 16.0 Å². The highest BCUT2D eigenvalue weighted by molar-refractivity contribution is 7.89. The number of sulfonamides is 1. The van der Waals surface area contributed by atoms with Crippen LogP contribution in [0.2, 0.25) is 0 Å². The molecule has 0 unspecified atom stereocenters. The van der Waals surface area contributed by atoms with Crippen LogP contribution in [0.5, 0.6) is 0 Å². The molecule has 1 fully saturated rings. The van der Waals surface area contributed by atoms with Gasteiger partial charge in [-0.15, -0.1) is 0 Å². The lowest BCUT2D eigenvalue weighted by Crippen LogP contribution is -2.40. The molecule has 1 atom stereocenters. The Morgan fingerprint density at radius 3 is 2.44 bits per heavy atom. The Balaban J connectivity index is 1.76. The van der Waals surface area contributed by atoms with Crippen LogP contribution in [0.4, 0.5) is 0 Å². The first-order chi connectivity index (χ1) is 12.9. The molecule has 6 nitrogen and oxygen atoms in total. The number of carbonyl (C=O) groups is 1. The summed E-state index contributed by atoms with van der Waals surface area (Å²) in [5.74, 6) is -0.554. The summed E-state index contributed by atoms with van der Waals surface area (Å²) in [6.45, 7) is 5.13. The molecule has 2 aromatic rings. The van der Waals surface area contributed by atoms with Crippen LogP contribution in [0, 0.1) is 6.92 Å². The fourth-order valence-electron chi connectivity index (χ4n) is 2.85. The lowest BCUT2D eigenvalue weighted by molar-refractivity contribution is 0.0337. The number of rotatable bonds is 5. The first-order valence-corrected chi connectivity index (χ1v) is 10.3. The van der Waals surface area contributed by atoms with Crippen molar-refractivity contribution in [2.45, 2.75) is 24.8 Å². The number of hydrogen-bond acceptors (Lipinski definition) is 5. The van der Waals surface area contributed by atoms with Crippen molar-refractivity contribution in [3.8, 4) is 0 Å². The summed E-state index contributed by atoms with van der Waals surface area (Å²) in [6.07, 6.45) is -0.433. The Morgan fingerprint density at radius 2 is 1.78 bits per heavy atom. The number of nitrogens with zero attached hydrogens (tertiary/aromatic N) is 1. The summed E-state index contributed by atoms with van der Waals surface area (Å²) in [4.78, 5) is 12.6. The van der Waals surface area contributed by atoms with Gasteiger partial charge >= 0.3 is 5.97 Å². The molecular formula is C20H23NO5S. The molecule has 1 saturated heterocycles. The van der Waals surface area contributed by atoms with Crippen LogP contribution >= 0.6 is 0 Å². The molecule has 144 valence electrons. The van der Waals surface area contributed by atoms with Gasteiger partial charge < -0.3 is 9.47 Å². The number of carbonyl (C=O) groups excluding carboxylic acids is 1. The Labute approximate surface area is 159 Å². The van der Waals surface area contributed by atoms with E-state index in [1.54, 1.807) is 19.1 Å². The van der Waals surface area contributed by atoms with Crippen LogP contribution < -0.4 is 0 Å². The van der Waals surface area contributed by atoms with Gasteiger partial charge in [-0.3, -0.25) is 0 Å². The third-order valence-electron chi connectivity index (χ3n) is 4.51. The second-order valence-corrected chi connectivity index (χ2v) is 8.44. The first kappa shape index (κ1) is 19.5. The molecule has 1 aliphatic rings. The van der Waals surface area contributed by atoms with Gasteiger partial charge in [0.25, 0.3) is 0 Å². The third kappa shape index (κ3) is 4.55. The molecular weight excluding hydrogens is 366 g/mol. The standard InChI is InChI=1S/C20H23NO5S/c1-15-6-8-17(9-7-15)16(2)26-20(22)18-4-3-5-19(14-18)27(23,24)21-10-12-25-13-11-21/h3-9,14,16H,10-13H2,1-2H3/t16-/m0/s1. The zero-order chi connectivity index (χ0) is 19.4. The van der Waals surface area contributed by atoms with E-state index in [0.29, 0.717) is 26.3 Å². The van der Waals surface area contributed by atoms with Crippen LogP contribution in [0.15, 0.2) is 53.4 Å². The molecule has 0 amide bonds. The topological polar surface area (TPSA) is 72.9 Å². The highest BCUT2D eigenvalue weighted by atomic mass is 32.2. The molecule has 0 aromatic heterocycles. The van der Waals surface area contributed by atoms with Crippen LogP contribution in [0.3, 0.4) is 0 Å². The van der Waals surface area contributed by atoms with Gasteiger partial charge in [0.2, 0.25) is 10.0 Å². The van der Waals surface area contributed by atoms with Crippen LogP contribution in [-0.4, -0.2) is 45.0 Å². The fourth-order valence-corrected chi connectivity index (χ4v) is 4.31. The molecule has 0 radical (unpaired) electrons.